The fourth-order valence-electron chi connectivity index (χ4n) is 3.25. The van der Waals surface area contributed by atoms with Crippen molar-refractivity contribution in [3.63, 3.8) is 0 Å². The molecule has 1 aliphatic rings. The van der Waals surface area contributed by atoms with Crippen LogP contribution in [0.1, 0.15) is 18.1 Å². The van der Waals surface area contributed by atoms with E-state index in [2.05, 4.69) is 29.8 Å². The maximum Gasteiger partial charge on any atom is 0.270 e. The van der Waals surface area contributed by atoms with Crippen molar-refractivity contribution in [2.45, 2.75) is 20.4 Å². The number of aryl methyl sites for hydroxylation is 2. The number of para-hydroxylation sites is 1. The molecule has 1 aromatic heterocycles. The molecule has 2 heterocycles. The highest BCUT2D eigenvalue weighted by atomic mass is 32.2. The molecular weight excluding hydrogens is 360 g/mol. The van der Waals surface area contributed by atoms with E-state index >= 15 is 0 Å². The Bertz CT molecular complexity index is 1060. The third-order valence-corrected chi connectivity index (χ3v) is 5.80. The van der Waals surface area contributed by atoms with Crippen molar-refractivity contribution < 1.29 is 4.79 Å². The van der Waals surface area contributed by atoms with Gasteiger partial charge in [0.15, 0.2) is 4.32 Å². The molecule has 0 bridgehead atoms. The summed E-state index contributed by atoms with van der Waals surface area (Å²) in [6.07, 6.45) is 4.06. The first kappa shape index (κ1) is 17.1. The number of anilines is 1. The maximum atomic E-state index is 13.0. The average Bonchev–Trinajstić information content (AvgIpc) is 3.13. The Morgan fingerprint density at radius 2 is 1.96 bits per heavy atom. The van der Waals surface area contributed by atoms with Gasteiger partial charge in [-0.05, 0) is 43.7 Å². The number of thioether (sulfide) groups is 1. The Kier molecular flexibility index (Phi) is 4.42. The van der Waals surface area contributed by atoms with Gasteiger partial charge in [-0.1, -0.05) is 54.3 Å². The van der Waals surface area contributed by atoms with E-state index in [4.69, 9.17) is 12.2 Å². The number of rotatable bonds is 3. The lowest BCUT2D eigenvalue weighted by atomic mass is 10.1. The smallest absolute Gasteiger partial charge is 0.270 e. The van der Waals surface area contributed by atoms with Crippen LogP contribution in [0.25, 0.3) is 17.0 Å². The fraction of sp³-hybridized carbons (Fsp3) is 0.143. The third-order valence-electron chi connectivity index (χ3n) is 4.50. The number of amides is 1. The molecule has 0 spiro atoms. The lowest BCUT2D eigenvalue weighted by Crippen LogP contribution is -2.27. The van der Waals surface area contributed by atoms with Gasteiger partial charge in [0.2, 0.25) is 0 Å². The number of hydrogen-bond acceptors (Lipinski definition) is 3. The molecule has 1 aliphatic heterocycles. The molecule has 2 aromatic carbocycles. The summed E-state index contributed by atoms with van der Waals surface area (Å²) in [7, 11) is 0. The third kappa shape index (κ3) is 2.87. The normalized spacial score (nSPS) is 16.2. The number of carbonyl (C=O) groups excluding carboxylic acids is 1. The standard InChI is InChI=1S/C21H18N2OS2/c1-3-22-13-15(17-9-4-5-10-18(17)22)12-19-20(24)23(21(25)26-19)16-8-6-7-14(2)11-16/h4-13H,3H2,1-2H3/b19-12+. The molecular formula is C21H18N2OS2. The lowest BCUT2D eigenvalue weighted by Gasteiger charge is -2.14. The minimum atomic E-state index is -0.0565. The summed E-state index contributed by atoms with van der Waals surface area (Å²) >= 11 is 6.84. The van der Waals surface area contributed by atoms with Crippen molar-refractivity contribution in [3.8, 4) is 0 Å². The molecule has 0 atom stereocenters. The zero-order valence-electron chi connectivity index (χ0n) is 14.6. The molecule has 0 unspecified atom stereocenters. The van der Waals surface area contributed by atoms with Crippen molar-refractivity contribution in [1.82, 2.24) is 4.57 Å². The SMILES string of the molecule is CCn1cc(/C=C2/SC(=S)N(c3cccc(C)c3)C2=O)c2ccccc21. The molecule has 1 fully saturated rings. The van der Waals surface area contributed by atoms with E-state index in [0.29, 0.717) is 9.23 Å². The van der Waals surface area contributed by atoms with E-state index in [1.54, 1.807) is 4.90 Å². The first-order valence-electron chi connectivity index (χ1n) is 8.51. The summed E-state index contributed by atoms with van der Waals surface area (Å²) in [6, 6.07) is 16.1. The lowest BCUT2D eigenvalue weighted by molar-refractivity contribution is -0.113. The number of carbonyl (C=O) groups is 1. The van der Waals surface area contributed by atoms with Gasteiger partial charge in [0.1, 0.15) is 0 Å². The molecule has 0 aliphatic carbocycles. The minimum Gasteiger partial charge on any atom is -0.347 e. The van der Waals surface area contributed by atoms with Gasteiger partial charge in [0.25, 0.3) is 5.91 Å². The van der Waals surface area contributed by atoms with Gasteiger partial charge in [-0.3, -0.25) is 9.69 Å². The number of thiocarbonyl (C=S) groups is 1. The van der Waals surface area contributed by atoms with Crippen LogP contribution < -0.4 is 4.90 Å². The van der Waals surface area contributed by atoms with Crippen molar-refractivity contribution in [2.75, 3.05) is 4.90 Å². The van der Waals surface area contributed by atoms with Crippen LogP contribution in [0.3, 0.4) is 0 Å². The van der Waals surface area contributed by atoms with Gasteiger partial charge in [0, 0.05) is 29.2 Å². The van der Waals surface area contributed by atoms with Crippen LogP contribution in [0.2, 0.25) is 0 Å². The van der Waals surface area contributed by atoms with Crippen molar-refractivity contribution in [3.05, 3.63) is 70.8 Å². The van der Waals surface area contributed by atoms with Gasteiger partial charge in [0.05, 0.1) is 10.6 Å². The summed E-state index contributed by atoms with van der Waals surface area (Å²) < 4.78 is 2.77. The first-order valence-corrected chi connectivity index (χ1v) is 9.73. The van der Waals surface area contributed by atoms with Gasteiger partial charge in [-0.25, -0.2) is 0 Å². The van der Waals surface area contributed by atoms with Crippen LogP contribution in [-0.4, -0.2) is 14.8 Å². The van der Waals surface area contributed by atoms with Crippen molar-refractivity contribution in [1.29, 1.82) is 0 Å². The zero-order chi connectivity index (χ0) is 18.3. The van der Waals surface area contributed by atoms with Gasteiger partial charge in [-0.15, -0.1) is 0 Å². The molecule has 0 saturated carbocycles. The molecule has 1 amide bonds. The molecule has 3 nitrogen and oxygen atoms in total. The maximum absolute atomic E-state index is 13.0. The Balaban J connectivity index is 1.76. The van der Waals surface area contributed by atoms with Crippen LogP contribution in [0.5, 0.6) is 0 Å². The van der Waals surface area contributed by atoms with Crippen molar-refractivity contribution in [2.24, 2.45) is 0 Å². The van der Waals surface area contributed by atoms with Gasteiger partial charge in [-0.2, -0.15) is 0 Å². The monoisotopic (exact) mass is 378 g/mol. The summed E-state index contributed by atoms with van der Waals surface area (Å²) in [5, 5.41) is 1.15. The highest BCUT2D eigenvalue weighted by Gasteiger charge is 2.33. The Morgan fingerprint density at radius 3 is 2.73 bits per heavy atom. The Labute approximate surface area is 162 Å². The molecule has 1 saturated heterocycles. The highest BCUT2D eigenvalue weighted by Crippen LogP contribution is 2.37. The molecule has 0 N–H and O–H groups in total. The predicted molar refractivity (Wildman–Crippen MR) is 114 cm³/mol. The predicted octanol–water partition coefficient (Wildman–Crippen LogP) is 5.38. The van der Waals surface area contributed by atoms with Crippen LogP contribution >= 0.6 is 24.0 Å². The molecule has 4 rings (SSSR count). The first-order chi connectivity index (χ1) is 12.6. The minimum absolute atomic E-state index is 0.0565. The molecule has 3 aromatic rings. The summed E-state index contributed by atoms with van der Waals surface area (Å²) in [4.78, 5) is 15.3. The number of fused-ring (bicyclic) bond motifs is 1. The Hall–Kier alpha value is -2.37. The molecule has 26 heavy (non-hydrogen) atoms. The number of hydrogen-bond donors (Lipinski definition) is 0. The average molecular weight is 379 g/mol. The quantitative estimate of drug-likeness (QED) is 0.452. The summed E-state index contributed by atoms with van der Waals surface area (Å²) in [6.45, 7) is 5.02. The second-order valence-electron chi connectivity index (χ2n) is 6.24. The van der Waals surface area contributed by atoms with E-state index in [1.165, 1.54) is 17.3 Å². The Morgan fingerprint density at radius 1 is 1.15 bits per heavy atom. The topological polar surface area (TPSA) is 25.2 Å². The zero-order valence-corrected chi connectivity index (χ0v) is 16.2. The van der Waals surface area contributed by atoms with Crippen molar-refractivity contribution >= 4 is 56.9 Å². The van der Waals surface area contributed by atoms with Crippen LogP contribution in [0.15, 0.2) is 59.6 Å². The van der Waals surface area contributed by atoms with Crippen LogP contribution in [0, 0.1) is 6.92 Å². The van der Waals surface area contributed by atoms with E-state index in [-0.39, 0.29) is 5.91 Å². The number of aromatic nitrogens is 1. The van der Waals surface area contributed by atoms with Gasteiger partial charge < -0.3 is 4.57 Å². The van der Waals surface area contributed by atoms with E-state index in [9.17, 15) is 4.79 Å². The molecule has 5 heteroatoms. The summed E-state index contributed by atoms with van der Waals surface area (Å²) in [5.74, 6) is -0.0565. The largest absolute Gasteiger partial charge is 0.347 e. The summed E-state index contributed by atoms with van der Waals surface area (Å²) in [5.41, 5.74) is 4.15. The molecule has 0 radical (unpaired) electrons. The number of benzene rings is 2. The second-order valence-corrected chi connectivity index (χ2v) is 7.92. The van der Waals surface area contributed by atoms with E-state index in [0.717, 1.165) is 28.7 Å². The van der Waals surface area contributed by atoms with Gasteiger partial charge >= 0.3 is 0 Å². The molecule has 130 valence electrons. The fourth-order valence-corrected chi connectivity index (χ4v) is 4.54. The number of nitrogens with zero attached hydrogens (tertiary/aromatic N) is 2. The van der Waals surface area contributed by atoms with Crippen LogP contribution in [0.4, 0.5) is 5.69 Å². The van der Waals surface area contributed by atoms with E-state index < -0.39 is 0 Å². The second kappa shape index (κ2) is 6.74. The van der Waals surface area contributed by atoms with Crippen LogP contribution in [-0.2, 0) is 11.3 Å². The highest BCUT2D eigenvalue weighted by molar-refractivity contribution is 8.27. The van der Waals surface area contributed by atoms with E-state index in [1.807, 2.05) is 49.4 Å².